The molecule has 0 saturated carbocycles. The van der Waals surface area contributed by atoms with Gasteiger partial charge in [0, 0.05) is 19.3 Å². The average Bonchev–Trinajstić information content (AvgIpc) is 3.35. The number of rotatable bonds is 52. The summed E-state index contributed by atoms with van der Waals surface area (Å²) in [5, 5.41) is 0. The predicted molar refractivity (Wildman–Crippen MR) is 297 cm³/mol. The molecule has 0 radical (unpaired) electrons. The van der Waals surface area contributed by atoms with E-state index < -0.39 is 6.10 Å². The van der Waals surface area contributed by atoms with Gasteiger partial charge < -0.3 is 14.2 Å². The van der Waals surface area contributed by atoms with Gasteiger partial charge in [-0.25, -0.2) is 0 Å². The van der Waals surface area contributed by atoms with Gasteiger partial charge in [-0.05, 0) is 77.0 Å². The summed E-state index contributed by atoms with van der Waals surface area (Å²) < 4.78 is 16.8. The van der Waals surface area contributed by atoms with E-state index in [1.54, 1.807) is 0 Å². The Hall–Kier alpha value is -3.41. The zero-order valence-electron chi connectivity index (χ0n) is 45.3. The Balaban J connectivity index is 4.40. The molecule has 0 fully saturated rings. The van der Waals surface area contributed by atoms with Crippen molar-refractivity contribution >= 4 is 17.9 Å². The van der Waals surface area contributed by atoms with Crippen molar-refractivity contribution in [2.75, 3.05) is 13.2 Å². The van der Waals surface area contributed by atoms with E-state index in [4.69, 9.17) is 14.2 Å². The van der Waals surface area contributed by atoms with Crippen LogP contribution in [0, 0.1) is 0 Å². The van der Waals surface area contributed by atoms with Crippen molar-refractivity contribution in [1.82, 2.24) is 0 Å². The summed E-state index contributed by atoms with van der Waals surface area (Å²) in [5.41, 5.74) is 0. The molecular formula is C63H108O6. The molecule has 0 unspecified atom stereocenters. The van der Waals surface area contributed by atoms with Crippen LogP contribution in [0.4, 0.5) is 0 Å². The van der Waals surface area contributed by atoms with Crippen LogP contribution in [0.25, 0.3) is 0 Å². The zero-order chi connectivity index (χ0) is 50.0. The molecule has 0 amide bonds. The highest BCUT2D eigenvalue weighted by atomic mass is 16.6. The molecular weight excluding hydrogens is 853 g/mol. The maximum Gasteiger partial charge on any atom is 0.306 e. The first-order valence-corrected chi connectivity index (χ1v) is 29.1. The van der Waals surface area contributed by atoms with Crippen molar-refractivity contribution in [3.63, 3.8) is 0 Å². The third kappa shape index (κ3) is 55.4. The van der Waals surface area contributed by atoms with Crippen LogP contribution in [0.2, 0.25) is 0 Å². The number of hydrogen-bond donors (Lipinski definition) is 0. The van der Waals surface area contributed by atoms with Gasteiger partial charge in [-0.1, -0.05) is 266 Å². The van der Waals surface area contributed by atoms with E-state index in [-0.39, 0.29) is 37.5 Å². The van der Waals surface area contributed by atoms with Crippen molar-refractivity contribution in [1.29, 1.82) is 0 Å². The van der Waals surface area contributed by atoms with Crippen LogP contribution in [0.5, 0.6) is 0 Å². The standard InChI is InChI=1S/C63H108O6/c1-4-7-10-13-16-19-22-24-26-28-30-31-33-35-37-39-42-45-48-51-54-57-63(66)69-60(58-67-61(64)55-52-49-46-43-40-21-18-15-12-9-6-3)59-68-62(65)56-53-50-47-44-41-38-36-34-32-29-27-25-23-20-17-14-11-8-5-2/h8,11,15,17-18,20,25,27,32,34,38,41,47,50,60H,4-7,9-10,12-14,16,19,21-24,26,28-31,33,35-37,39-40,42-46,48-49,51-59H2,1-3H3/b11-8-,18-15-,20-17-,27-25-,34-32-,41-38-,50-47-/t60-/m0/s1. The minimum absolute atomic E-state index is 0.103. The lowest BCUT2D eigenvalue weighted by molar-refractivity contribution is -0.166. The topological polar surface area (TPSA) is 78.9 Å². The minimum Gasteiger partial charge on any atom is -0.462 e. The zero-order valence-corrected chi connectivity index (χ0v) is 45.3. The molecule has 0 N–H and O–H groups in total. The van der Waals surface area contributed by atoms with Gasteiger partial charge in [-0.15, -0.1) is 0 Å². The van der Waals surface area contributed by atoms with Crippen molar-refractivity contribution in [3.05, 3.63) is 85.1 Å². The molecule has 69 heavy (non-hydrogen) atoms. The summed E-state index contributed by atoms with van der Waals surface area (Å²) in [4.78, 5) is 38.1. The minimum atomic E-state index is -0.809. The number of ether oxygens (including phenoxy) is 3. The van der Waals surface area contributed by atoms with Crippen LogP contribution in [-0.4, -0.2) is 37.2 Å². The quantitative estimate of drug-likeness (QED) is 0.0262. The Kier molecular flexibility index (Phi) is 54.3. The van der Waals surface area contributed by atoms with Gasteiger partial charge in [-0.3, -0.25) is 14.4 Å². The molecule has 0 aromatic heterocycles. The third-order valence-electron chi connectivity index (χ3n) is 12.4. The molecule has 0 bridgehead atoms. The molecule has 0 aliphatic rings. The van der Waals surface area contributed by atoms with Crippen LogP contribution in [0.15, 0.2) is 85.1 Å². The maximum atomic E-state index is 12.9. The summed E-state index contributed by atoms with van der Waals surface area (Å²) in [6, 6.07) is 0. The SMILES string of the molecule is CC/C=C\C/C=C\C/C=C\C/C=C\C/C=C\C/C=C\CCC(=O)OC[C@H](COC(=O)CCCCCCC/C=C\CCCC)OC(=O)CCCCCCCCCCCCCCCCCCCCCCC. The van der Waals surface area contributed by atoms with E-state index in [9.17, 15) is 14.4 Å². The first kappa shape index (κ1) is 65.6. The fourth-order valence-electron chi connectivity index (χ4n) is 8.04. The average molecular weight is 962 g/mol. The molecule has 0 rings (SSSR count). The predicted octanol–water partition coefficient (Wildman–Crippen LogP) is 19.5. The fraction of sp³-hybridized carbons (Fsp3) is 0.730. The second-order valence-electron chi connectivity index (χ2n) is 19.2. The number of unbranched alkanes of at least 4 members (excludes halogenated alkanes) is 27. The highest BCUT2D eigenvalue weighted by Crippen LogP contribution is 2.16. The second kappa shape index (κ2) is 57.2. The first-order chi connectivity index (χ1) is 34.0. The van der Waals surface area contributed by atoms with Crippen molar-refractivity contribution < 1.29 is 28.6 Å². The van der Waals surface area contributed by atoms with E-state index in [1.807, 2.05) is 6.08 Å². The number of carbonyl (C=O) groups excluding carboxylic acids is 3. The molecule has 0 aliphatic carbocycles. The largest absolute Gasteiger partial charge is 0.462 e. The lowest BCUT2D eigenvalue weighted by Crippen LogP contribution is -2.30. The molecule has 6 nitrogen and oxygen atoms in total. The molecule has 0 aromatic carbocycles. The van der Waals surface area contributed by atoms with Gasteiger partial charge in [0.15, 0.2) is 6.10 Å². The van der Waals surface area contributed by atoms with Gasteiger partial charge in [0.25, 0.3) is 0 Å². The Morgan fingerprint density at radius 1 is 0.304 bits per heavy atom. The van der Waals surface area contributed by atoms with Crippen LogP contribution < -0.4 is 0 Å². The molecule has 0 saturated heterocycles. The summed E-state index contributed by atoms with van der Waals surface area (Å²) in [6.07, 6.45) is 74.5. The van der Waals surface area contributed by atoms with E-state index in [1.165, 1.54) is 141 Å². The molecule has 1 atom stereocenters. The maximum absolute atomic E-state index is 12.9. The van der Waals surface area contributed by atoms with Crippen molar-refractivity contribution in [2.24, 2.45) is 0 Å². The highest BCUT2D eigenvalue weighted by molar-refractivity contribution is 5.71. The third-order valence-corrected chi connectivity index (χ3v) is 12.4. The van der Waals surface area contributed by atoms with Gasteiger partial charge >= 0.3 is 17.9 Å². The van der Waals surface area contributed by atoms with Gasteiger partial charge in [0.1, 0.15) is 13.2 Å². The summed E-state index contributed by atoms with van der Waals surface area (Å²) in [5.74, 6) is -0.992. The lowest BCUT2D eigenvalue weighted by atomic mass is 10.0. The second-order valence-corrected chi connectivity index (χ2v) is 19.2. The van der Waals surface area contributed by atoms with E-state index >= 15 is 0 Å². The number of hydrogen-bond acceptors (Lipinski definition) is 6. The van der Waals surface area contributed by atoms with Gasteiger partial charge in [0.05, 0.1) is 0 Å². The molecule has 0 aromatic rings. The highest BCUT2D eigenvalue weighted by Gasteiger charge is 2.19. The van der Waals surface area contributed by atoms with Crippen LogP contribution in [0.3, 0.4) is 0 Å². The van der Waals surface area contributed by atoms with Crippen LogP contribution in [0.1, 0.15) is 278 Å². The molecule has 396 valence electrons. The van der Waals surface area contributed by atoms with E-state index in [0.717, 1.165) is 89.9 Å². The molecule has 0 spiro atoms. The smallest absolute Gasteiger partial charge is 0.306 e. The Labute approximate surface area is 426 Å². The fourth-order valence-corrected chi connectivity index (χ4v) is 8.04. The molecule has 0 aliphatic heterocycles. The summed E-state index contributed by atoms with van der Waals surface area (Å²) in [6.45, 7) is 6.44. The van der Waals surface area contributed by atoms with E-state index in [2.05, 4.69) is 99.8 Å². The first-order valence-electron chi connectivity index (χ1n) is 29.1. The van der Waals surface area contributed by atoms with Crippen molar-refractivity contribution in [2.45, 2.75) is 284 Å². The summed E-state index contributed by atoms with van der Waals surface area (Å²) >= 11 is 0. The van der Waals surface area contributed by atoms with E-state index in [0.29, 0.717) is 19.3 Å². The Bertz CT molecular complexity index is 1330. The normalized spacial score (nSPS) is 12.7. The lowest BCUT2D eigenvalue weighted by Gasteiger charge is -2.18. The van der Waals surface area contributed by atoms with Gasteiger partial charge in [-0.2, -0.15) is 0 Å². The summed E-state index contributed by atoms with van der Waals surface area (Å²) in [7, 11) is 0. The number of carbonyl (C=O) groups is 3. The molecule has 0 heterocycles. The number of esters is 3. The van der Waals surface area contributed by atoms with Crippen LogP contribution >= 0.6 is 0 Å². The van der Waals surface area contributed by atoms with Crippen LogP contribution in [-0.2, 0) is 28.6 Å². The van der Waals surface area contributed by atoms with Crippen molar-refractivity contribution in [3.8, 4) is 0 Å². The Morgan fingerprint density at radius 2 is 0.609 bits per heavy atom. The molecule has 6 heteroatoms. The van der Waals surface area contributed by atoms with Gasteiger partial charge in [0.2, 0.25) is 0 Å². The Morgan fingerprint density at radius 3 is 1.01 bits per heavy atom. The monoisotopic (exact) mass is 961 g/mol. The number of allylic oxidation sites excluding steroid dienone is 14.